The number of hydrogen-bond acceptors (Lipinski definition) is 7. The third kappa shape index (κ3) is 3.99. The van der Waals surface area contributed by atoms with Gasteiger partial charge in [0.2, 0.25) is 10.0 Å². The molecule has 1 aliphatic heterocycles. The minimum atomic E-state index is -3.59. The Morgan fingerprint density at radius 2 is 1.82 bits per heavy atom. The SMILES string of the molecule is O=S(=O)(c1cccc2nsnc12)N1CCN(CCOc2ccccc2Cl)CC1. The predicted molar refractivity (Wildman–Crippen MR) is 110 cm³/mol. The summed E-state index contributed by atoms with van der Waals surface area (Å²) in [4.78, 5) is 2.42. The highest BCUT2D eigenvalue weighted by Gasteiger charge is 2.30. The first-order chi connectivity index (χ1) is 13.6. The number of ether oxygens (including phenoxy) is 1. The first kappa shape index (κ1) is 19.5. The van der Waals surface area contributed by atoms with E-state index in [1.165, 1.54) is 4.31 Å². The summed E-state index contributed by atoms with van der Waals surface area (Å²) < 4.78 is 41.6. The molecule has 0 amide bonds. The highest BCUT2D eigenvalue weighted by molar-refractivity contribution is 7.89. The van der Waals surface area contributed by atoms with Crippen molar-refractivity contribution in [3.8, 4) is 5.75 Å². The number of aromatic nitrogens is 2. The van der Waals surface area contributed by atoms with Gasteiger partial charge in [-0.3, -0.25) is 4.90 Å². The molecule has 148 valence electrons. The summed E-state index contributed by atoms with van der Waals surface area (Å²) >= 11 is 7.11. The van der Waals surface area contributed by atoms with Crippen LogP contribution >= 0.6 is 23.3 Å². The molecule has 28 heavy (non-hydrogen) atoms. The number of nitrogens with zero attached hydrogens (tertiary/aromatic N) is 4. The zero-order valence-corrected chi connectivity index (χ0v) is 17.4. The largest absolute Gasteiger partial charge is 0.491 e. The molecule has 1 aromatic heterocycles. The summed E-state index contributed by atoms with van der Waals surface area (Å²) in [6.45, 7) is 3.38. The van der Waals surface area contributed by atoms with E-state index in [4.69, 9.17) is 16.3 Å². The zero-order valence-electron chi connectivity index (χ0n) is 15.0. The van der Waals surface area contributed by atoms with Gasteiger partial charge in [-0.1, -0.05) is 29.8 Å². The van der Waals surface area contributed by atoms with E-state index < -0.39 is 10.0 Å². The maximum absolute atomic E-state index is 13.0. The van der Waals surface area contributed by atoms with Gasteiger partial charge in [0.1, 0.15) is 28.3 Å². The smallest absolute Gasteiger partial charge is 0.245 e. The van der Waals surface area contributed by atoms with Gasteiger partial charge in [-0.15, -0.1) is 0 Å². The molecule has 1 saturated heterocycles. The molecule has 0 spiro atoms. The Morgan fingerprint density at radius 3 is 2.61 bits per heavy atom. The van der Waals surface area contributed by atoms with E-state index in [0.29, 0.717) is 61.1 Å². The van der Waals surface area contributed by atoms with Crippen molar-refractivity contribution in [2.75, 3.05) is 39.3 Å². The normalized spacial score (nSPS) is 16.5. The van der Waals surface area contributed by atoms with Gasteiger partial charge in [0.15, 0.2) is 0 Å². The number of sulfonamides is 1. The second kappa shape index (κ2) is 8.30. The van der Waals surface area contributed by atoms with Crippen LogP contribution in [0.3, 0.4) is 0 Å². The van der Waals surface area contributed by atoms with Crippen LogP contribution in [0.1, 0.15) is 0 Å². The van der Waals surface area contributed by atoms with Crippen molar-refractivity contribution in [3.63, 3.8) is 0 Å². The van der Waals surface area contributed by atoms with Crippen molar-refractivity contribution < 1.29 is 13.2 Å². The molecule has 7 nitrogen and oxygen atoms in total. The Kier molecular flexibility index (Phi) is 5.79. The molecule has 0 radical (unpaired) electrons. The number of hydrogen-bond donors (Lipinski definition) is 0. The lowest BCUT2D eigenvalue weighted by Crippen LogP contribution is -2.49. The molecule has 3 aromatic rings. The summed E-state index contributed by atoms with van der Waals surface area (Å²) in [5, 5.41) is 0.587. The van der Waals surface area contributed by atoms with Gasteiger partial charge < -0.3 is 4.74 Å². The topological polar surface area (TPSA) is 75.6 Å². The molecule has 0 atom stereocenters. The zero-order chi connectivity index (χ0) is 19.6. The van der Waals surface area contributed by atoms with Crippen molar-refractivity contribution in [3.05, 3.63) is 47.5 Å². The van der Waals surface area contributed by atoms with Gasteiger partial charge >= 0.3 is 0 Å². The Labute approximate surface area is 172 Å². The van der Waals surface area contributed by atoms with Crippen LogP contribution in [0.25, 0.3) is 11.0 Å². The second-order valence-electron chi connectivity index (χ2n) is 6.41. The van der Waals surface area contributed by atoms with Crippen molar-refractivity contribution in [2.45, 2.75) is 4.90 Å². The van der Waals surface area contributed by atoms with Gasteiger partial charge in [0.05, 0.1) is 16.8 Å². The van der Waals surface area contributed by atoms with E-state index in [1.807, 2.05) is 18.2 Å². The quantitative estimate of drug-likeness (QED) is 0.589. The fraction of sp³-hybridized carbons (Fsp3) is 0.333. The van der Waals surface area contributed by atoms with Crippen molar-refractivity contribution >= 4 is 44.4 Å². The standard InChI is InChI=1S/C18H19ClN4O3S2/c19-14-4-1-2-6-16(14)26-13-12-22-8-10-23(11-9-22)28(24,25)17-7-3-5-15-18(17)21-27-20-15/h1-7H,8-13H2. The monoisotopic (exact) mass is 438 g/mol. The fourth-order valence-electron chi connectivity index (χ4n) is 3.17. The van der Waals surface area contributed by atoms with Crippen molar-refractivity contribution in [2.24, 2.45) is 0 Å². The Balaban J connectivity index is 1.35. The molecule has 0 saturated carbocycles. The van der Waals surface area contributed by atoms with Crippen LogP contribution in [0.15, 0.2) is 47.4 Å². The molecular weight excluding hydrogens is 420 g/mol. The molecule has 4 rings (SSSR count). The maximum atomic E-state index is 13.0. The summed E-state index contributed by atoms with van der Waals surface area (Å²) in [5.41, 5.74) is 1.06. The summed E-state index contributed by atoms with van der Waals surface area (Å²) in [7, 11) is -3.59. The third-order valence-corrected chi connectivity index (χ3v) is 7.48. The van der Waals surface area contributed by atoms with E-state index in [2.05, 4.69) is 13.6 Å². The van der Waals surface area contributed by atoms with Crippen LogP contribution in [-0.4, -0.2) is 65.7 Å². The molecule has 1 fully saturated rings. The second-order valence-corrected chi connectivity index (χ2v) is 9.25. The molecule has 1 aliphatic rings. The first-order valence-electron chi connectivity index (χ1n) is 8.87. The summed E-state index contributed by atoms with van der Waals surface area (Å²) in [5.74, 6) is 0.662. The van der Waals surface area contributed by atoms with Crippen LogP contribution < -0.4 is 4.74 Å². The summed E-state index contributed by atoms with van der Waals surface area (Å²) in [6, 6.07) is 12.4. The first-order valence-corrected chi connectivity index (χ1v) is 11.4. The van der Waals surface area contributed by atoms with Crippen LogP contribution in [0, 0.1) is 0 Å². The van der Waals surface area contributed by atoms with Crippen molar-refractivity contribution in [1.82, 2.24) is 18.0 Å². The average molecular weight is 439 g/mol. The van der Waals surface area contributed by atoms with E-state index in [9.17, 15) is 8.42 Å². The third-order valence-electron chi connectivity index (χ3n) is 4.70. The fourth-order valence-corrected chi connectivity index (χ4v) is 5.53. The molecule has 0 aliphatic carbocycles. The number of fused-ring (bicyclic) bond motifs is 1. The molecule has 2 heterocycles. The molecule has 0 unspecified atom stereocenters. The Hall–Kier alpha value is -1.78. The van der Waals surface area contributed by atoms with Gasteiger partial charge in [0.25, 0.3) is 0 Å². The minimum absolute atomic E-state index is 0.231. The highest BCUT2D eigenvalue weighted by atomic mass is 35.5. The number of piperazine rings is 1. The number of benzene rings is 2. The van der Waals surface area contributed by atoms with Crippen LogP contribution in [0.5, 0.6) is 5.75 Å². The van der Waals surface area contributed by atoms with E-state index in [0.717, 1.165) is 11.7 Å². The van der Waals surface area contributed by atoms with Gasteiger partial charge in [-0.2, -0.15) is 13.1 Å². The van der Waals surface area contributed by atoms with Crippen LogP contribution in [0.2, 0.25) is 5.02 Å². The van der Waals surface area contributed by atoms with Gasteiger partial charge in [-0.25, -0.2) is 8.42 Å². The molecule has 0 bridgehead atoms. The summed E-state index contributed by atoms with van der Waals surface area (Å²) in [6.07, 6.45) is 0. The number of halogens is 1. The number of para-hydroxylation sites is 1. The van der Waals surface area contributed by atoms with E-state index in [-0.39, 0.29) is 4.90 Å². The molecular formula is C18H19ClN4O3S2. The lowest BCUT2D eigenvalue weighted by Gasteiger charge is -2.33. The molecule has 0 N–H and O–H groups in total. The predicted octanol–water partition coefficient (Wildman–Crippen LogP) is 2.73. The van der Waals surface area contributed by atoms with Crippen LogP contribution in [0.4, 0.5) is 0 Å². The van der Waals surface area contributed by atoms with E-state index in [1.54, 1.807) is 24.3 Å². The average Bonchev–Trinajstić information content (AvgIpc) is 3.18. The maximum Gasteiger partial charge on any atom is 0.245 e. The lowest BCUT2D eigenvalue weighted by atomic mass is 10.3. The van der Waals surface area contributed by atoms with Crippen molar-refractivity contribution in [1.29, 1.82) is 0 Å². The highest BCUT2D eigenvalue weighted by Crippen LogP contribution is 2.25. The Bertz CT molecular complexity index is 1070. The Morgan fingerprint density at radius 1 is 1.04 bits per heavy atom. The van der Waals surface area contributed by atoms with Gasteiger partial charge in [0, 0.05) is 32.7 Å². The molecule has 2 aromatic carbocycles. The number of rotatable bonds is 6. The van der Waals surface area contributed by atoms with Gasteiger partial charge in [-0.05, 0) is 24.3 Å². The van der Waals surface area contributed by atoms with Crippen LogP contribution in [-0.2, 0) is 10.0 Å². The lowest BCUT2D eigenvalue weighted by molar-refractivity contribution is 0.159. The minimum Gasteiger partial charge on any atom is -0.491 e. The molecule has 10 heteroatoms. The van der Waals surface area contributed by atoms with E-state index >= 15 is 0 Å².